The van der Waals surface area contributed by atoms with Crippen LogP contribution in [0.1, 0.15) is 20.0 Å². The first-order chi connectivity index (χ1) is 5.13. The van der Waals surface area contributed by atoms with Gasteiger partial charge in [0.25, 0.3) is 5.91 Å². The lowest BCUT2D eigenvalue weighted by molar-refractivity contribution is 0.0693. The van der Waals surface area contributed by atoms with Gasteiger partial charge in [-0.3, -0.25) is 4.79 Å². The van der Waals surface area contributed by atoms with Gasteiger partial charge in [0.15, 0.2) is 0 Å². The first-order valence-corrected chi connectivity index (χ1v) is 3.61. The fraction of sp³-hybridized carbons (Fsp3) is 0. The minimum Gasteiger partial charge on any atom is -0.478 e. The summed E-state index contributed by atoms with van der Waals surface area (Å²) in [6.07, 6.45) is 0. The highest BCUT2D eigenvalue weighted by Crippen LogP contribution is 2.15. The van der Waals surface area contributed by atoms with Crippen molar-refractivity contribution in [2.75, 3.05) is 0 Å². The molecule has 0 spiro atoms. The molecule has 1 rings (SSSR count). The molecule has 5 heteroatoms. The van der Waals surface area contributed by atoms with E-state index in [4.69, 9.17) is 10.8 Å². The van der Waals surface area contributed by atoms with E-state index in [1.165, 1.54) is 11.4 Å². The van der Waals surface area contributed by atoms with Crippen LogP contribution in [-0.4, -0.2) is 17.0 Å². The van der Waals surface area contributed by atoms with Gasteiger partial charge in [0, 0.05) is 0 Å². The number of carboxylic acid groups (broad SMARTS) is 1. The van der Waals surface area contributed by atoms with Gasteiger partial charge in [-0.1, -0.05) is 0 Å². The van der Waals surface area contributed by atoms with Crippen molar-refractivity contribution >= 4 is 23.2 Å². The Hall–Kier alpha value is -1.36. The van der Waals surface area contributed by atoms with Crippen LogP contribution in [0.2, 0.25) is 0 Å². The fourth-order valence-corrected chi connectivity index (χ4v) is 1.41. The van der Waals surface area contributed by atoms with Crippen LogP contribution in [0.15, 0.2) is 11.4 Å². The maximum absolute atomic E-state index is 10.6. The fourth-order valence-electron chi connectivity index (χ4n) is 0.668. The smallest absolute Gasteiger partial charge is 0.337 e. The van der Waals surface area contributed by atoms with Gasteiger partial charge in [-0.2, -0.15) is 0 Å². The lowest BCUT2D eigenvalue weighted by Gasteiger charge is -1.90. The highest BCUT2D eigenvalue weighted by atomic mass is 32.1. The van der Waals surface area contributed by atoms with Crippen LogP contribution in [0.3, 0.4) is 0 Å². The van der Waals surface area contributed by atoms with E-state index in [2.05, 4.69) is 0 Å². The summed E-state index contributed by atoms with van der Waals surface area (Å²) >= 11 is 1.03. The average Bonchev–Trinajstić information content (AvgIpc) is 2.32. The van der Waals surface area contributed by atoms with Gasteiger partial charge in [0.05, 0.1) is 5.56 Å². The highest BCUT2D eigenvalue weighted by molar-refractivity contribution is 7.12. The van der Waals surface area contributed by atoms with Crippen molar-refractivity contribution in [1.29, 1.82) is 0 Å². The van der Waals surface area contributed by atoms with E-state index >= 15 is 0 Å². The normalized spacial score (nSPS) is 9.45. The molecule has 0 atom stereocenters. The van der Waals surface area contributed by atoms with Gasteiger partial charge in [-0.15, -0.1) is 11.3 Å². The van der Waals surface area contributed by atoms with E-state index in [0.717, 1.165) is 11.3 Å². The molecular formula is C6H5NO3S. The summed E-state index contributed by atoms with van der Waals surface area (Å²) in [5.74, 6) is -1.82. The molecule has 1 heterocycles. The molecule has 1 amide bonds. The second kappa shape index (κ2) is 2.71. The molecule has 4 nitrogen and oxygen atoms in total. The first kappa shape index (κ1) is 7.74. The predicted molar refractivity (Wildman–Crippen MR) is 39.8 cm³/mol. The number of hydrogen-bond donors (Lipinski definition) is 2. The maximum Gasteiger partial charge on any atom is 0.337 e. The Kier molecular flexibility index (Phi) is 1.91. The number of primary amides is 1. The lowest BCUT2D eigenvalue weighted by atomic mass is 10.2. The number of nitrogens with two attached hydrogens (primary N) is 1. The van der Waals surface area contributed by atoms with Gasteiger partial charge in [0.2, 0.25) is 0 Å². The van der Waals surface area contributed by atoms with Gasteiger partial charge in [0.1, 0.15) is 4.88 Å². The predicted octanol–water partition coefficient (Wildman–Crippen LogP) is 0.545. The maximum atomic E-state index is 10.6. The third-order valence-corrected chi connectivity index (χ3v) is 2.05. The summed E-state index contributed by atoms with van der Waals surface area (Å²) in [6.45, 7) is 0. The van der Waals surface area contributed by atoms with Crippen LogP contribution in [0.4, 0.5) is 0 Å². The molecule has 0 radical (unpaired) electrons. The van der Waals surface area contributed by atoms with Gasteiger partial charge < -0.3 is 10.8 Å². The summed E-state index contributed by atoms with van der Waals surface area (Å²) in [4.78, 5) is 21.0. The molecule has 0 bridgehead atoms. The molecule has 3 N–H and O–H groups in total. The molecule has 0 fully saturated rings. The molecule has 0 aliphatic rings. The van der Waals surface area contributed by atoms with Gasteiger partial charge in [-0.05, 0) is 11.4 Å². The average molecular weight is 171 g/mol. The topological polar surface area (TPSA) is 80.4 Å². The molecule has 0 aliphatic carbocycles. The number of carboxylic acids is 1. The standard InChI is InChI=1S/C6H5NO3S/c7-5(8)4-3(6(9)10)1-2-11-4/h1-2H,(H2,7,8)(H,9,10). The largest absolute Gasteiger partial charge is 0.478 e. The Morgan fingerprint density at radius 3 is 2.55 bits per heavy atom. The number of rotatable bonds is 2. The molecule has 11 heavy (non-hydrogen) atoms. The van der Waals surface area contributed by atoms with Gasteiger partial charge >= 0.3 is 5.97 Å². The van der Waals surface area contributed by atoms with Crippen molar-refractivity contribution in [1.82, 2.24) is 0 Å². The molecule has 1 aromatic rings. The van der Waals surface area contributed by atoms with Crippen molar-refractivity contribution in [2.24, 2.45) is 5.73 Å². The Morgan fingerprint density at radius 2 is 2.18 bits per heavy atom. The number of thiophene rings is 1. The molecular weight excluding hydrogens is 166 g/mol. The Morgan fingerprint density at radius 1 is 1.55 bits per heavy atom. The molecule has 0 aromatic carbocycles. The molecule has 1 aromatic heterocycles. The molecule has 0 saturated heterocycles. The summed E-state index contributed by atoms with van der Waals surface area (Å²) in [7, 11) is 0. The van der Waals surface area contributed by atoms with Crippen LogP contribution in [0.5, 0.6) is 0 Å². The van der Waals surface area contributed by atoms with Gasteiger partial charge in [-0.25, -0.2) is 4.79 Å². The third kappa shape index (κ3) is 1.38. The quantitative estimate of drug-likeness (QED) is 0.681. The van der Waals surface area contributed by atoms with E-state index in [-0.39, 0.29) is 10.4 Å². The minimum absolute atomic E-state index is 0.0255. The molecule has 0 aliphatic heterocycles. The van der Waals surface area contributed by atoms with E-state index in [9.17, 15) is 9.59 Å². The van der Waals surface area contributed by atoms with E-state index in [1.807, 2.05) is 0 Å². The van der Waals surface area contributed by atoms with Crippen molar-refractivity contribution in [3.8, 4) is 0 Å². The van der Waals surface area contributed by atoms with Crippen LogP contribution in [0.25, 0.3) is 0 Å². The number of carbonyl (C=O) groups excluding carboxylic acids is 1. The highest BCUT2D eigenvalue weighted by Gasteiger charge is 2.14. The van der Waals surface area contributed by atoms with E-state index in [1.54, 1.807) is 0 Å². The lowest BCUT2D eigenvalue weighted by Crippen LogP contribution is -2.13. The zero-order chi connectivity index (χ0) is 8.43. The molecule has 0 unspecified atom stereocenters. The second-order valence-corrected chi connectivity index (χ2v) is 2.75. The molecule has 0 saturated carbocycles. The number of hydrogen-bond acceptors (Lipinski definition) is 3. The Bertz CT molecular complexity index is 276. The number of amides is 1. The van der Waals surface area contributed by atoms with Crippen molar-refractivity contribution in [3.05, 3.63) is 21.9 Å². The van der Waals surface area contributed by atoms with Crippen molar-refractivity contribution < 1.29 is 14.7 Å². The second-order valence-electron chi connectivity index (χ2n) is 1.83. The van der Waals surface area contributed by atoms with E-state index < -0.39 is 11.9 Å². The first-order valence-electron chi connectivity index (χ1n) is 2.73. The monoisotopic (exact) mass is 171 g/mol. The number of carbonyl (C=O) groups is 2. The van der Waals surface area contributed by atoms with Crippen LogP contribution >= 0.6 is 11.3 Å². The zero-order valence-electron chi connectivity index (χ0n) is 5.40. The van der Waals surface area contributed by atoms with Crippen molar-refractivity contribution in [3.63, 3.8) is 0 Å². The zero-order valence-corrected chi connectivity index (χ0v) is 6.22. The van der Waals surface area contributed by atoms with Crippen LogP contribution in [-0.2, 0) is 0 Å². The summed E-state index contributed by atoms with van der Waals surface area (Å²) in [6, 6.07) is 1.35. The SMILES string of the molecule is NC(=O)c1sccc1C(=O)O. The Labute approximate surface area is 66.3 Å². The van der Waals surface area contributed by atoms with Crippen molar-refractivity contribution in [2.45, 2.75) is 0 Å². The summed E-state index contributed by atoms with van der Waals surface area (Å²) in [5, 5.41) is 10.0. The number of aromatic carboxylic acids is 1. The van der Waals surface area contributed by atoms with E-state index in [0.29, 0.717) is 0 Å². The third-order valence-electron chi connectivity index (χ3n) is 1.12. The van der Waals surface area contributed by atoms with Crippen LogP contribution in [0, 0.1) is 0 Å². The minimum atomic E-state index is -1.12. The summed E-state index contributed by atoms with van der Waals surface area (Å²) < 4.78 is 0. The summed E-state index contributed by atoms with van der Waals surface area (Å²) in [5.41, 5.74) is 4.88. The van der Waals surface area contributed by atoms with Crippen LogP contribution < -0.4 is 5.73 Å². The molecule has 58 valence electrons. The Balaban J connectivity index is 3.16.